The third kappa shape index (κ3) is 2.77. The minimum Gasteiger partial charge on any atom is -0.493 e. The molecule has 5 heteroatoms. The third-order valence-corrected chi connectivity index (χ3v) is 4.27. The van der Waals surface area contributed by atoms with Crippen molar-refractivity contribution in [1.29, 1.82) is 0 Å². The summed E-state index contributed by atoms with van der Waals surface area (Å²) in [5.74, 6) is 0.0446. The van der Waals surface area contributed by atoms with Crippen LogP contribution in [0.4, 0.5) is 11.4 Å². The summed E-state index contributed by atoms with van der Waals surface area (Å²) >= 11 is 6.13. The van der Waals surface area contributed by atoms with Gasteiger partial charge in [0.1, 0.15) is 5.69 Å². The van der Waals surface area contributed by atoms with Gasteiger partial charge in [-0.3, -0.25) is 4.57 Å². The molecule has 25 heavy (non-hydrogen) atoms. The van der Waals surface area contributed by atoms with Crippen LogP contribution < -0.4 is 0 Å². The van der Waals surface area contributed by atoms with Gasteiger partial charge < -0.3 is 5.11 Å². The number of azo groups is 1. The van der Waals surface area contributed by atoms with Crippen molar-refractivity contribution in [1.82, 2.24) is 4.57 Å². The predicted molar refractivity (Wildman–Crippen MR) is 101 cm³/mol. The second kappa shape index (κ2) is 6.42. The predicted octanol–water partition coefficient (Wildman–Crippen LogP) is 6.40. The number of aromatic hydroxyl groups is 1. The molecule has 0 fully saturated rings. The maximum atomic E-state index is 10.8. The van der Waals surface area contributed by atoms with E-state index < -0.39 is 0 Å². The normalized spacial score (nSPS) is 11.4. The fourth-order valence-corrected chi connectivity index (χ4v) is 2.96. The minimum atomic E-state index is 0.0446. The summed E-state index contributed by atoms with van der Waals surface area (Å²) in [7, 11) is 0. The molecule has 122 valence electrons. The molecule has 0 radical (unpaired) electrons. The Morgan fingerprint density at radius 2 is 1.44 bits per heavy atom. The number of aromatic nitrogens is 1. The molecule has 4 aromatic rings. The zero-order valence-electron chi connectivity index (χ0n) is 13.2. The van der Waals surface area contributed by atoms with E-state index in [0.717, 1.165) is 16.6 Å². The molecule has 0 aliphatic rings. The number of hydrogen-bond donors (Lipinski definition) is 1. The lowest BCUT2D eigenvalue weighted by atomic mass is 10.2. The zero-order chi connectivity index (χ0) is 17.2. The maximum Gasteiger partial charge on any atom is 0.225 e. The molecule has 0 unspecified atom stereocenters. The van der Waals surface area contributed by atoms with Gasteiger partial charge in [0, 0.05) is 11.1 Å². The van der Waals surface area contributed by atoms with Gasteiger partial charge in [-0.25, -0.2) is 0 Å². The molecule has 0 amide bonds. The monoisotopic (exact) mass is 347 g/mol. The molecular formula is C20H14ClN3O. The minimum absolute atomic E-state index is 0.0446. The van der Waals surface area contributed by atoms with E-state index in [2.05, 4.69) is 10.2 Å². The molecule has 0 atom stereocenters. The van der Waals surface area contributed by atoms with Crippen LogP contribution in [-0.4, -0.2) is 9.67 Å². The van der Waals surface area contributed by atoms with Crippen molar-refractivity contribution in [3.63, 3.8) is 0 Å². The number of fused-ring (bicyclic) bond motifs is 1. The standard InChI is InChI=1S/C20H14ClN3O/c21-16-11-5-6-12-17(16)22-23-19-15-10-4-7-13-18(15)24(20(19)25)14-8-2-1-3-9-14/h1-13,25H. The van der Waals surface area contributed by atoms with Gasteiger partial charge in [0.15, 0.2) is 5.69 Å². The molecular weight excluding hydrogens is 334 g/mol. The first-order chi connectivity index (χ1) is 12.3. The molecule has 1 N–H and O–H groups in total. The number of hydrogen-bond acceptors (Lipinski definition) is 3. The Bertz CT molecular complexity index is 1070. The quantitative estimate of drug-likeness (QED) is 0.428. The maximum absolute atomic E-state index is 10.8. The summed E-state index contributed by atoms with van der Waals surface area (Å²) in [4.78, 5) is 0. The molecule has 0 spiro atoms. The Morgan fingerprint density at radius 1 is 0.760 bits per heavy atom. The van der Waals surface area contributed by atoms with Crippen molar-refractivity contribution < 1.29 is 5.11 Å². The fourth-order valence-electron chi connectivity index (χ4n) is 2.78. The van der Waals surface area contributed by atoms with Crippen molar-refractivity contribution >= 4 is 33.9 Å². The van der Waals surface area contributed by atoms with E-state index in [1.165, 1.54) is 0 Å². The highest BCUT2D eigenvalue weighted by molar-refractivity contribution is 6.32. The van der Waals surface area contributed by atoms with Gasteiger partial charge in [-0.15, -0.1) is 10.2 Å². The van der Waals surface area contributed by atoms with E-state index in [4.69, 9.17) is 11.6 Å². The lowest BCUT2D eigenvalue weighted by Gasteiger charge is -2.06. The number of rotatable bonds is 3. The van der Waals surface area contributed by atoms with E-state index in [0.29, 0.717) is 16.4 Å². The summed E-state index contributed by atoms with van der Waals surface area (Å²) in [5, 5.41) is 20.6. The average Bonchev–Trinajstić information content (AvgIpc) is 2.93. The summed E-state index contributed by atoms with van der Waals surface area (Å²) in [6.07, 6.45) is 0. The van der Waals surface area contributed by atoms with Crippen molar-refractivity contribution in [3.8, 4) is 11.6 Å². The second-order valence-corrected chi connectivity index (χ2v) is 5.92. The zero-order valence-corrected chi connectivity index (χ0v) is 13.9. The van der Waals surface area contributed by atoms with Crippen molar-refractivity contribution in [2.45, 2.75) is 0 Å². The highest BCUT2D eigenvalue weighted by Gasteiger charge is 2.17. The average molecular weight is 348 g/mol. The molecule has 1 aromatic heterocycles. The first-order valence-electron chi connectivity index (χ1n) is 7.80. The van der Waals surface area contributed by atoms with Crippen molar-refractivity contribution in [2.75, 3.05) is 0 Å². The summed E-state index contributed by atoms with van der Waals surface area (Å²) in [6.45, 7) is 0. The second-order valence-electron chi connectivity index (χ2n) is 5.51. The van der Waals surface area contributed by atoms with Crippen LogP contribution in [0.1, 0.15) is 0 Å². The van der Waals surface area contributed by atoms with Gasteiger partial charge in [0.25, 0.3) is 0 Å². The smallest absolute Gasteiger partial charge is 0.225 e. The number of halogens is 1. The molecule has 1 heterocycles. The van der Waals surface area contributed by atoms with Crippen LogP contribution in [0.5, 0.6) is 5.88 Å². The summed E-state index contributed by atoms with van der Waals surface area (Å²) in [5.41, 5.74) is 2.69. The SMILES string of the molecule is Oc1c(N=Nc2ccccc2Cl)c2ccccc2n1-c1ccccc1. The largest absolute Gasteiger partial charge is 0.493 e. The van der Waals surface area contributed by atoms with E-state index in [1.807, 2.05) is 66.7 Å². The van der Waals surface area contributed by atoms with E-state index >= 15 is 0 Å². The number of nitrogens with zero attached hydrogens (tertiary/aromatic N) is 3. The number of para-hydroxylation sites is 2. The highest BCUT2D eigenvalue weighted by atomic mass is 35.5. The van der Waals surface area contributed by atoms with Gasteiger partial charge in [-0.1, -0.05) is 60.1 Å². The first-order valence-corrected chi connectivity index (χ1v) is 8.17. The Hall–Kier alpha value is -3.11. The van der Waals surface area contributed by atoms with Gasteiger partial charge >= 0.3 is 0 Å². The first kappa shape index (κ1) is 15.4. The molecule has 0 saturated carbocycles. The summed E-state index contributed by atoms with van der Waals surface area (Å²) in [6, 6.07) is 24.5. The highest BCUT2D eigenvalue weighted by Crippen LogP contribution is 2.41. The fraction of sp³-hybridized carbons (Fsp3) is 0. The summed E-state index contributed by atoms with van der Waals surface area (Å²) < 4.78 is 1.76. The van der Waals surface area contributed by atoms with Gasteiger partial charge in [-0.05, 0) is 30.3 Å². The van der Waals surface area contributed by atoms with E-state index in [1.54, 1.807) is 16.7 Å². The van der Waals surface area contributed by atoms with Crippen LogP contribution in [0.2, 0.25) is 5.02 Å². The van der Waals surface area contributed by atoms with Gasteiger partial charge in [0.05, 0.1) is 10.5 Å². The van der Waals surface area contributed by atoms with Gasteiger partial charge in [0.2, 0.25) is 5.88 Å². The third-order valence-electron chi connectivity index (χ3n) is 3.95. The van der Waals surface area contributed by atoms with Crippen LogP contribution >= 0.6 is 11.6 Å². The molecule has 0 bridgehead atoms. The molecule has 4 rings (SSSR count). The topological polar surface area (TPSA) is 49.9 Å². The lowest BCUT2D eigenvalue weighted by molar-refractivity contribution is 0.446. The lowest BCUT2D eigenvalue weighted by Crippen LogP contribution is -1.91. The van der Waals surface area contributed by atoms with Crippen LogP contribution in [0.15, 0.2) is 89.1 Å². The Balaban J connectivity index is 1.91. The van der Waals surface area contributed by atoms with Crippen LogP contribution in [-0.2, 0) is 0 Å². The molecule has 3 aromatic carbocycles. The van der Waals surface area contributed by atoms with Crippen LogP contribution in [0, 0.1) is 0 Å². The van der Waals surface area contributed by atoms with Crippen LogP contribution in [0.3, 0.4) is 0 Å². The van der Waals surface area contributed by atoms with Crippen molar-refractivity contribution in [3.05, 3.63) is 83.9 Å². The molecule has 0 aliphatic carbocycles. The van der Waals surface area contributed by atoms with Crippen molar-refractivity contribution in [2.24, 2.45) is 10.2 Å². The Labute approximate surface area is 149 Å². The molecule has 0 aliphatic heterocycles. The molecule has 0 saturated heterocycles. The van der Waals surface area contributed by atoms with Crippen LogP contribution in [0.25, 0.3) is 16.6 Å². The Kier molecular flexibility index (Phi) is 3.96. The molecule has 4 nitrogen and oxygen atoms in total. The van der Waals surface area contributed by atoms with E-state index in [9.17, 15) is 5.11 Å². The Morgan fingerprint density at radius 3 is 2.24 bits per heavy atom. The number of benzene rings is 3. The van der Waals surface area contributed by atoms with E-state index in [-0.39, 0.29) is 5.88 Å². The van der Waals surface area contributed by atoms with Gasteiger partial charge in [-0.2, -0.15) is 0 Å².